The molecular formula is C29H42N6O5. The number of fused-ring (bicyclic) bond motifs is 1. The molecular weight excluding hydrogens is 512 g/mol. The average Bonchev–Trinajstić information content (AvgIpc) is 3.02. The molecule has 2 saturated heterocycles. The van der Waals surface area contributed by atoms with E-state index < -0.39 is 17.7 Å². The van der Waals surface area contributed by atoms with E-state index in [-0.39, 0.29) is 56.9 Å². The van der Waals surface area contributed by atoms with E-state index in [0.717, 1.165) is 0 Å². The lowest BCUT2D eigenvalue weighted by Crippen LogP contribution is -2.62. The number of rotatable bonds is 3. The first-order valence-corrected chi connectivity index (χ1v) is 13.7. The van der Waals surface area contributed by atoms with Crippen LogP contribution >= 0.6 is 0 Å². The van der Waals surface area contributed by atoms with Crippen LogP contribution in [0.15, 0.2) is 28.4 Å². The van der Waals surface area contributed by atoms with Gasteiger partial charge < -0.3 is 26.2 Å². The SMILES string of the molecule is CC1(C)CC(NC(=O)C(=O)N=NC(=O)c2ccc3c(O)n(C4CC(C)(C)NC(C)(C)C4)c(O)c3c2)CC(C)(C)N1. The van der Waals surface area contributed by atoms with Gasteiger partial charge in [-0.05, 0) is 99.3 Å². The van der Waals surface area contributed by atoms with Crippen molar-refractivity contribution in [2.75, 3.05) is 0 Å². The Morgan fingerprint density at radius 1 is 0.800 bits per heavy atom. The van der Waals surface area contributed by atoms with Crippen molar-refractivity contribution < 1.29 is 24.6 Å². The van der Waals surface area contributed by atoms with E-state index in [1.807, 2.05) is 27.7 Å². The number of carbonyl (C=O) groups is 3. The lowest BCUT2D eigenvalue weighted by molar-refractivity contribution is -0.138. The van der Waals surface area contributed by atoms with Gasteiger partial charge in [0.2, 0.25) is 11.8 Å². The maximum atomic E-state index is 12.7. The molecule has 2 fully saturated rings. The molecule has 3 amide bonds. The third-order valence-corrected chi connectivity index (χ3v) is 7.69. The van der Waals surface area contributed by atoms with Gasteiger partial charge in [-0.25, -0.2) is 0 Å². The number of hydrogen-bond acceptors (Lipinski definition) is 7. The Balaban J connectivity index is 1.49. The summed E-state index contributed by atoms with van der Waals surface area (Å²) in [4.78, 5) is 37.6. The smallest absolute Gasteiger partial charge is 0.353 e. The third-order valence-electron chi connectivity index (χ3n) is 7.69. The second kappa shape index (κ2) is 9.95. The summed E-state index contributed by atoms with van der Waals surface area (Å²) in [5.41, 5.74) is -0.828. The molecule has 0 bridgehead atoms. The Labute approximate surface area is 234 Å². The third kappa shape index (κ3) is 6.36. The van der Waals surface area contributed by atoms with Crippen LogP contribution in [0.3, 0.4) is 0 Å². The maximum Gasteiger partial charge on any atom is 0.353 e. The highest BCUT2D eigenvalue weighted by Crippen LogP contribution is 2.45. The number of piperidine rings is 2. The number of hydrogen-bond donors (Lipinski definition) is 5. The van der Waals surface area contributed by atoms with Crippen LogP contribution < -0.4 is 16.0 Å². The van der Waals surface area contributed by atoms with Gasteiger partial charge in [0.15, 0.2) is 0 Å². The summed E-state index contributed by atoms with van der Waals surface area (Å²) >= 11 is 0. The first-order chi connectivity index (χ1) is 18.3. The van der Waals surface area contributed by atoms with Crippen molar-refractivity contribution in [3.05, 3.63) is 23.8 Å². The molecule has 2 aromatic rings. The van der Waals surface area contributed by atoms with Gasteiger partial charge in [-0.2, -0.15) is 0 Å². The predicted molar refractivity (Wildman–Crippen MR) is 151 cm³/mol. The van der Waals surface area contributed by atoms with Crippen molar-refractivity contribution in [1.29, 1.82) is 0 Å². The fourth-order valence-electron chi connectivity index (χ4n) is 7.08. The molecule has 0 aliphatic carbocycles. The van der Waals surface area contributed by atoms with Crippen molar-refractivity contribution in [1.82, 2.24) is 20.5 Å². The topological polar surface area (TPSA) is 157 Å². The van der Waals surface area contributed by atoms with Crippen LogP contribution in [0.1, 0.15) is 97.5 Å². The molecule has 1 aromatic carbocycles. The molecule has 0 spiro atoms. The molecule has 11 nitrogen and oxygen atoms in total. The molecule has 40 heavy (non-hydrogen) atoms. The summed E-state index contributed by atoms with van der Waals surface area (Å²) in [5.74, 6) is -3.16. The molecule has 11 heteroatoms. The number of carbonyl (C=O) groups excluding carboxylic acids is 3. The van der Waals surface area contributed by atoms with Crippen LogP contribution in [0, 0.1) is 0 Å². The molecule has 2 aliphatic heterocycles. The Bertz CT molecular complexity index is 1350. The first kappa shape index (κ1) is 29.7. The zero-order valence-electron chi connectivity index (χ0n) is 24.7. The fourth-order valence-corrected chi connectivity index (χ4v) is 7.08. The number of benzene rings is 1. The van der Waals surface area contributed by atoms with Gasteiger partial charge in [0.25, 0.3) is 5.91 Å². The van der Waals surface area contributed by atoms with Gasteiger partial charge in [0, 0.05) is 50.6 Å². The highest BCUT2D eigenvalue weighted by atomic mass is 16.3. The molecule has 5 N–H and O–H groups in total. The average molecular weight is 555 g/mol. The van der Waals surface area contributed by atoms with Crippen molar-refractivity contribution in [3.63, 3.8) is 0 Å². The minimum atomic E-state index is -1.16. The van der Waals surface area contributed by atoms with Crippen LogP contribution in [-0.4, -0.2) is 60.7 Å². The highest BCUT2D eigenvalue weighted by molar-refractivity contribution is 6.35. The minimum Gasteiger partial charge on any atom is -0.494 e. The van der Waals surface area contributed by atoms with Crippen LogP contribution in [0.2, 0.25) is 0 Å². The molecule has 0 saturated carbocycles. The monoisotopic (exact) mass is 554 g/mol. The van der Waals surface area contributed by atoms with Crippen LogP contribution in [0.25, 0.3) is 10.8 Å². The lowest BCUT2D eigenvalue weighted by Gasteiger charge is -2.47. The number of azo groups is 1. The second-order valence-electron chi connectivity index (χ2n) is 14.0. The lowest BCUT2D eigenvalue weighted by atomic mass is 9.79. The van der Waals surface area contributed by atoms with Gasteiger partial charge in [0.1, 0.15) is 0 Å². The summed E-state index contributed by atoms with van der Waals surface area (Å²) in [6.45, 7) is 16.4. The van der Waals surface area contributed by atoms with Crippen LogP contribution in [0.4, 0.5) is 0 Å². The number of amides is 3. The summed E-state index contributed by atoms with van der Waals surface area (Å²) in [6.07, 6.45) is 2.62. The van der Waals surface area contributed by atoms with E-state index in [2.05, 4.69) is 53.9 Å². The van der Waals surface area contributed by atoms with Crippen LogP contribution in [-0.2, 0) is 9.59 Å². The summed E-state index contributed by atoms with van der Waals surface area (Å²) in [5, 5.41) is 39.4. The Kier molecular flexibility index (Phi) is 7.38. The largest absolute Gasteiger partial charge is 0.494 e. The number of nitrogens with one attached hydrogen (secondary N) is 3. The Hall–Kier alpha value is -3.31. The molecule has 2 aliphatic rings. The van der Waals surface area contributed by atoms with Gasteiger partial charge in [0.05, 0.1) is 0 Å². The normalized spacial score (nSPS) is 22.4. The molecule has 0 atom stereocenters. The summed E-state index contributed by atoms with van der Waals surface area (Å²) in [6, 6.07) is 3.96. The van der Waals surface area contributed by atoms with Crippen molar-refractivity contribution in [3.8, 4) is 11.8 Å². The van der Waals surface area contributed by atoms with Crippen molar-refractivity contribution in [2.45, 2.75) is 115 Å². The number of aromatic nitrogens is 1. The summed E-state index contributed by atoms with van der Waals surface area (Å²) < 4.78 is 1.52. The molecule has 218 valence electrons. The number of aromatic hydroxyl groups is 2. The van der Waals surface area contributed by atoms with Crippen LogP contribution in [0.5, 0.6) is 11.8 Å². The first-order valence-electron chi connectivity index (χ1n) is 13.7. The van der Waals surface area contributed by atoms with E-state index in [0.29, 0.717) is 31.1 Å². The Morgan fingerprint density at radius 3 is 1.85 bits per heavy atom. The standard InChI is InChI=1S/C29H42N6O5/c1-26(2)12-17(13-27(3,4)33-26)30-22(37)23(38)32-31-21(36)16-9-10-19-20(11-16)25(40)35(24(19)39)18-14-28(5,6)34-29(7,8)15-18/h9-11,17-18,33-34,39-40H,12-15H2,1-8H3,(H,30,37). The quantitative estimate of drug-likeness (QED) is 0.283. The molecule has 0 unspecified atom stereocenters. The Morgan fingerprint density at radius 2 is 1.30 bits per heavy atom. The molecule has 0 radical (unpaired) electrons. The fraction of sp³-hybridized carbons (Fsp3) is 0.621. The van der Waals surface area contributed by atoms with Crippen molar-refractivity contribution in [2.24, 2.45) is 10.2 Å². The van der Waals surface area contributed by atoms with E-state index in [4.69, 9.17) is 0 Å². The molecule has 3 heterocycles. The van der Waals surface area contributed by atoms with Gasteiger partial charge in [-0.3, -0.25) is 19.0 Å². The van der Waals surface area contributed by atoms with Gasteiger partial charge >= 0.3 is 11.8 Å². The maximum absolute atomic E-state index is 12.7. The zero-order valence-corrected chi connectivity index (χ0v) is 24.7. The number of nitrogens with zero attached hydrogens (tertiary/aromatic N) is 3. The van der Waals surface area contributed by atoms with Gasteiger partial charge in [-0.15, -0.1) is 5.11 Å². The highest BCUT2D eigenvalue weighted by Gasteiger charge is 2.41. The van der Waals surface area contributed by atoms with E-state index >= 15 is 0 Å². The van der Waals surface area contributed by atoms with E-state index in [1.165, 1.54) is 22.8 Å². The second-order valence-corrected chi connectivity index (χ2v) is 14.0. The van der Waals surface area contributed by atoms with Crippen molar-refractivity contribution >= 4 is 28.5 Å². The predicted octanol–water partition coefficient (Wildman–Crippen LogP) is 4.08. The summed E-state index contributed by atoms with van der Waals surface area (Å²) in [7, 11) is 0. The van der Waals surface area contributed by atoms with Gasteiger partial charge in [-0.1, -0.05) is 5.11 Å². The van der Waals surface area contributed by atoms with E-state index in [1.54, 1.807) is 0 Å². The molecule has 4 rings (SSSR count). The molecule has 1 aromatic heterocycles. The zero-order chi connectivity index (χ0) is 29.8. The minimum absolute atomic E-state index is 0.0599. The van der Waals surface area contributed by atoms with E-state index in [9.17, 15) is 24.6 Å².